The Kier molecular flexibility index (Phi) is 4.85. The van der Waals surface area contributed by atoms with Gasteiger partial charge in [0.1, 0.15) is 0 Å². The number of nitrogens with one attached hydrogen (secondary N) is 1. The standard InChI is InChI=1S/C18H16N4O2S/c1-12-3-8-16(13(2)9-12)17-11-25-18(20-17)21-19-10-14-4-6-15(7-5-14)22(23)24/h3-11H,1-2H3,(H,20,21)/b19-10+. The van der Waals surface area contributed by atoms with Crippen LogP contribution < -0.4 is 5.43 Å². The van der Waals surface area contributed by atoms with E-state index in [9.17, 15) is 10.1 Å². The minimum atomic E-state index is -0.427. The fraction of sp³-hybridized carbons (Fsp3) is 0.111. The van der Waals surface area contributed by atoms with Crippen LogP contribution in [-0.2, 0) is 0 Å². The first kappa shape index (κ1) is 16.8. The van der Waals surface area contributed by atoms with Gasteiger partial charge in [-0.3, -0.25) is 15.5 Å². The predicted molar refractivity (Wildman–Crippen MR) is 101 cm³/mol. The van der Waals surface area contributed by atoms with E-state index in [4.69, 9.17) is 0 Å². The number of thiazole rings is 1. The van der Waals surface area contributed by atoms with Crippen LogP contribution in [0, 0.1) is 24.0 Å². The molecule has 0 saturated carbocycles. The second-order valence-electron chi connectivity index (χ2n) is 5.57. The first-order chi connectivity index (χ1) is 12.0. The highest BCUT2D eigenvalue weighted by Crippen LogP contribution is 2.27. The van der Waals surface area contributed by atoms with Crippen LogP contribution in [0.25, 0.3) is 11.3 Å². The summed E-state index contributed by atoms with van der Waals surface area (Å²) in [6, 6.07) is 12.5. The van der Waals surface area contributed by atoms with Crippen molar-refractivity contribution in [3.63, 3.8) is 0 Å². The van der Waals surface area contributed by atoms with Gasteiger partial charge in [-0.1, -0.05) is 23.8 Å². The number of hydrogen-bond acceptors (Lipinski definition) is 6. The van der Waals surface area contributed by atoms with E-state index in [1.165, 1.54) is 34.6 Å². The molecule has 1 N–H and O–H groups in total. The van der Waals surface area contributed by atoms with E-state index in [1.54, 1.807) is 18.3 Å². The molecule has 0 unspecified atom stereocenters. The van der Waals surface area contributed by atoms with Gasteiger partial charge in [-0.25, -0.2) is 4.98 Å². The maximum atomic E-state index is 10.6. The van der Waals surface area contributed by atoms with Gasteiger partial charge in [0.15, 0.2) is 0 Å². The number of benzene rings is 2. The number of non-ortho nitro benzene ring substituents is 1. The van der Waals surface area contributed by atoms with Crippen LogP contribution >= 0.6 is 11.3 Å². The Morgan fingerprint density at radius 3 is 2.64 bits per heavy atom. The van der Waals surface area contributed by atoms with Gasteiger partial charge in [-0.05, 0) is 37.1 Å². The second kappa shape index (κ2) is 7.23. The van der Waals surface area contributed by atoms with Gasteiger partial charge < -0.3 is 0 Å². The van der Waals surface area contributed by atoms with Crippen LogP contribution in [0.4, 0.5) is 10.8 Å². The van der Waals surface area contributed by atoms with E-state index in [0.717, 1.165) is 16.8 Å². The first-order valence-electron chi connectivity index (χ1n) is 7.59. The van der Waals surface area contributed by atoms with E-state index in [1.807, 2.05) is 5.38 Å². The molecule has 0 spiro atoms. The molecule has 25 heavy (non-hydrogen) atoms. The highest BCUT2D eigenvalue weighted by Gasteiger charge is 2.07. The molecule has 7 heteroatoms. The van der Waals surface area contributed by atoms with Crippen molar-refractivity contribution in [2.24, 2.45) is 5.10 Å². The van der Waals surface area contributed by atoms with Crippen molar-refractivity contribution in [2.75, 3.05) is 5.43 Å². The van der Waals surface area contributed by atoms with Gasteiger partial charge in [-0.15, -0.1) is 11.3 Å². The second-order valence-corrected chi connectivity index (χ2v) is 6.43. The topological polar surface area (TPSA) is 80.4 Å². The number of aryl methyl sites for hydroxylation is 2. The Morgan fingerprint density at radius 2 is 1.96 bits per heavy atom. The maximum absolute atomic E-state index is 10.6. The highest BCUT2D eigenvalue weighted by atomic mass is 32.1. The van der Waals surface area contributed by atoms with Crippen LogP contribution in [0.3, 0.4) is 0 Å². The summed E-state index contributed by atoms with van der Waals surface area (Å²) in [5, 5.41) is 17.4. The van der Waals surface area contributed by atoms with Crippen LogP contribution in [-0.4, -0.2) is 16.1 Å². The predicted octanol–water partition coefficient (Wildman–Crippen LogP) is 4.78. The zero-order valence-corrected chi connectivity index (χ0v) is 14.6. The Labute approximate surface area is 149 Å². The molecule has 0 atom stereocenters. The number of nitro benzene ring substituents is 1. The summed E-state index contributed by atoms with van der Waals surface area (Å²) in [4.78, 5) is 14.7. The SMILES string of the molecule is Cc1ccc(-c2csc(N/N=C/c3ccc([N+](=O)[O-])cc3)n2)c(C)c1. The number of aromatic nitrogens is 1. The summed E-state index contributed by atoms with van der Waals surface area (Å²) in [7, 11) is 0. The molecule has 0 bridgehead atoms. The van der Waals surface area contributed by atoms with Crippen LogP contribution in [0.15, 0.2) is 52.9 Å². The smallest absolute Gasteiger partial charge is 0.258 e. The summed E-state index contributed by atoms with van der Waals surface area (Å²) in [6.45, 7) is 4.14. The number of nitro groups is 1. The largest absolute Gasteiger partial charge is 0.269 e. The van der Waals surface area contributed by atoms with Crippen molar-refractivity contribution in [1.29, 1.82) is 0 Å². The fourth-order valence-electron chi connectivity index (χ4n) is 2.39. The van der Waals surface area contributed by atoms with Crippen molar-refractivity contribution in [3.8, 4) is 11.3 Å². The maximum Gasteiger partial charge on any atom is 0.269 e. The third-order valence-corrected chi connectivity index (χ3v) is 4.39. The van der Waals surface area contributed by atoms with Crippen LogP contribution in [0.1, 0.15) is 16.7 Å². The molecule has 0 amide bonds. The molecule has 1 heterocycles. The number of anilines is 1. The number of rotatable bonds is 5. The van der Waals surface area contributed by atoms with E-state index < -0.39 is 4.92 Å². The quantitative estimate of drug-likeness (QED) is 0.407. The van der Waals surface area contributed by atoms with Crippen molar-refractivity contribution in [2.45, 2.75) is 13.8 Å². The number of hydrazone groups is 1. The monoisotopic (exact) mass is 352 g/mol. The summed E-state index contributed by atoms with van der Waals surface area (Å²) in [5.74, 6) is 0. The van der Waals surface area contributed by atoms with E-state index in [-0.39, 0.29) is 5.69 Å². The van der Waals surface area contributed by atoms with E-state index in [2.05, 4.69) is 47.6 Å². The van der Waals surface area contributed by atoms with Gasteiger partial charge >= 0.3 is 0 Å². The molecule has 2 aromatic carbocycles. The van der Waals surface area contributed by atoms with Crippen molar-refractivity contribution >= 4 is 28.4 Å². The summed E-state index contributed by atoms with van der Waals surface area (Å²) in [5.41, 5.74) is 8.15. The first-order valence-corrected chi connectivity index (χ1v) is 8.47. The normalized spacial score (nSPS) is 11.0. The lowest BCUT2D eigenvalue weighted by Gasteiger charge is -2.03. The fourth-order valence-corrected chi connectivity index (χ4v) is 3.05. The van der Waals surface area contributed by atoms with E-state index in [0.29, 0.717) is 5.13 Å². The Balaban J connectivity index is 1.68. The Hall–Kier alpha value is -3.06. The van der Waals surface area contributed by atoms with Gasteiger partial charge in [0, 0.05) is 23.1 Å². The lowest BCUT2D eigenvalue weighted by atomic mass is 10.0. The highest BCUT2D eigenvalue weighted by molar-refractivity contribution is 7.14. The minimum Gasteiger partial charge on any atom is -0.258 e. The minimum absolute atomic E-state index is 0.0585. The van der Waals surface area contributed by atoms with Gasteiger partial charge in [-0.2, -0.15) is 5.10 Å². The molecule has 0 fully saturated rings. The molecule has 1 aromatic heterocycles. The molecule has 0 radical (unpaired) electrons. The lowest BCUT2D eigenvalue weighted by Crippen LogP contribution is -1.92. The molecule has 0 saturated heterocycles. The average Bonchev–Trinajstić information content (AvgIpc) is 3.04. The molecule has 3 aromatic rings. The summed E-state index contributed by atoms with van der Waals surface area (Å²) >= 11 is 1.47. The molecule has 0 aliphatic heterocycles. The number of hydrogen-bond donors (Lipinski definition) is 1. The van der Waals surface area contributed by atoms with Gasteiger partial charge in [0.05, 0.1) is 16.8 Å². The Morgan fingerprint density at radius 1 is 1.20 bits per heavy atom. The molecule has 6 nitrogen and oxygen atoms in total. The van der Waals surface area contributed by atoms with Gasteiger partial charge in [0.25, 0.3) is 5.69 Å². The molecule has 0 aliphatic carbocycles. The zero-order chi connectivity index (χ0) is 17.8. The molecular weight excluding hydrogens is 336 g/mol. The third kappa shape index (κ3) is 4.07. The van der Waals surface area contributed by atoms with Gasteiger partial charge in [0.2, 0.25) is 5.13 Å². The molecule has 126 valence electrons. The molecule has 0 aliphatic rings. The molecular formula is C18H16N4O2S. The van der Waals surface area contributed by atoms with E-state index >= 15 is 0 Å². The van der Waals surface area contributed by atoms with Crippen LogP contribution in [0.2, 0.25) is 0 Å². The Bertz CT molecular complexity index is 933. The summed E-state index contributed by atoms with van der Waals surface area (Å²) in [6.07, 6.45) is 1.60. The van der Waals surface area contributed by atoms with Crippen molar-refractivity contribution < 1.29 is 4.92 Å². The summed E-state index contributed by atoms with van der Waals surface area (Å²) < 4.78 is 0. The van der Waals surface area contributed by atoms with Crippen LogP contribution in [0.5, 0.6) is 0 Å². The third-order valence-electron chi connectivity index (χ3n) is 3.64. The van der Waals surface area contributed by atoms with Crippen molar-refractivity contribution in [1.82, 2.24) is 4.98 Å². The lowest BCUT2D eigenvalue weighted by molar-refractivity contribution is -0.384. The average molecular weight is 352 g/mol. The molecule has 3 rings (SSSR count). The van der Waals surface area contributed by atoms with Crippen molar-refractivity contribution in [3.05, 3.63) is 74.6 Å². The number of nitrogens with zero attached hydrogens (tertiary/aromatic N) is 3. The zero-order valence-electron chi connectivity index (χ0n) is 13.8.